The second-order valence-corrected chi connectivity index (χ2v) is 9.06. The molecule has 0 bridgehead atoms. The van der Waals surface area contributed by atoms with E-state index in [-0.39, 0.29) is 53.3 Å². The lowest BCUT2D eigenvalue weighted by Crippen LogP contribution is -2.33. The van der Waals surface area contributed by atoms with E-state index in [0.717, 1.165) is 0 Å². The summed E-state index contributed by atoms with van der Waals surface area (Å²) in [6.45, 7) is 9.95. The zero-order valence-corrected chi connectivity index (χ0v) is 24.1. The quantitative estimate of drug-likeness (QED) is 0.101. The highest BCUT2D eigenvalue weighted by atomic mass is 16.5. The van der Waals surface area contributed by atoms with Gasteiger partial charge in [0.1, 0.15) is 16.9 Å². The summed E-state index contributed by atoms with van der Waals surface area (Å²) in [5.41, 5.74) is 0.349. The van der Waals surface area contributed by atoms with E-state index in [1.807, 2.05) is 13.8 Å². The number of hydrogen-bond acceptors (Lipinski definition) is 8. The van der Waals surface area contributed by atoms with Crippen LogP contribution in [0.4, 0.5) is 0 Å². The van der Waals surface area contributed by atoms with Crippen LogP contribution in [-0.2, 0) is 30.3 Å². The van der Waals surface area contributed by atoms with E-state index >= 15 is 0 Å². The lowest BCUT2D eigenvalue weighted by atomic mass is 10.2. The fraction of sp³-hybridized carbons (Fsp3) is 0.367. The average molecular weight is 565 g/mol. The highest BCUT2D eigenvalue weighted by Gasteiger charge is 2.20. The van der Waals surface area contributed by atoms with Gasteiger partial charge in [-0.1, -0.05) is 18.7 Å². The SMILES string of the molecule is C=C/C=C(OC)\C(=C/CC(=O)N=c1c(C(=O)OCC)cc2c(=O)n3ccccc3nc2n1CCCOC(C)C)OC. The molecule has 0 saturated carbocycles. The molecule has 0 fully saturated rings. The topological polar surface area (TPSA) is 123 Å². The van der Waals surface area contributed by atoms with Crippen molar-refractivity contribution in [2.75, 3.05) is 27.4 Å². The Labute approximate surface area is 238 Å². The molecule has 0 radical (unpaired) electrons. The van der Waals surface area contributed by atoms with Crippen LogP contribution in [0, 0.1) is 0 Å². The Kier molecular flexibility index (Phi) is 11.2. The van der Waals surface area contributed by atoms with Gasteiger partial charge < -0.3 is 23.5 Å². The minimum absolute atomic E-state index is 0.0210. The average Bonchev–Trinajstić information content (AvgIpc) is 2.95. The van der Waals surface area contributed by atoms with Crippen LogP contribution < -0.4 is 11.0 Å². The summed E-state index contributed by atoms with van der Waals surface area (Å²) in [5.74, 6) is -0.581. The van der Waals surface area contributed by atoms with Crippen molar-refractivity contribution in [2.24, 2.45) is 4.99 Å². The van der Waals surface area contributed by atoms with Gasteiger partial charge in [-0.05, 0) is 57.5 Å². The van der Waals surface area contributed by atoms with E-state index in [1.54, 1.807) is 42.0 Å². The standard InChI is InChI=1S/C30H36N4O7/c1-7-12-23(38-5)24(39-6)14-15-26(35)32-28-22(30(37)40-8-2)19-21-27(34(28)17-11-18-41-20(3)4)31-25-13-9-10-16-33(25)29(21)36/h7,9-10,12-14,16,19-20H,1,8,11,15,17-18H2,2-6H3/b23-12+,24-14+,32-28?. The summed E-state index contributed by atoms with van der Waals surface area (Å²) in [7, 11) is 2.92. The maximum absolute atomic E-state index is 13.5. The number of carbonyl (C=O) groups excluding carboxylic acids is 2. The van der Waals surface area contributed by atoms with E-state index < -0.39 is 11.9 Å². The molecule has 11 nitrogen and oxygen atoms in total. The molecule has 1 amide bonds. The van der Waals surface area contributed by atoms with E-state index in [2.05, 4.69) is 11.6 Å². The molecular weight excluding hydrogens is 528 g/mol. The first-order chi connectivity index (χ1) is 19.7. The number of hydrogen-bond donors (Lipinski definition) is 0. The van der Waals surface area contributed by atoms with E-state index in [1.165, 1.54) is 36.8 Å². The van der Waals surface area contributed by atoms with Gasteiger partial charge in [0.2, 0.25) is 0 Å². The van der Waals surface area contributed by atoms with Crippen molar-refractivity contribution in [2.45, 2.75) is 46.3 Å². The third-order valence-electron chi connectivity index (χ3n) is 5.91. The molecule has 218 valence electrons. The van der Waals surface area contributed by atoms with Crippen molar-refractivity contribution >= 4 is 28.6 Å². The summed E-state index contributed by atoms with van der Waals surface area (Å²) in [6.07, 6.45) is 6.62. The number of ether oxygens (including phenoxy) is 4. The smallest absolute Gasteiger partial charge is 0.341 e. The number of amides is 1. The van der Waals surface area contributed by atoms with Crippen molar-refractivity contribution in [1.82, 2.24) is 14.0 Å². The summed E-state index contributed by atoms with van der Waals surface area (Å²) >= 11 is 0. The second-order valence-electron chi connectivity index (χ2n) is 9.06. The van der Waals surface area contributed by atoms with Gasteiger partial charge >= 0.3 is 5.97 Å². The second kappa shape index (κ2) is 14.8. The molecule has 0 aromatic carbocycles. The summed E-state index contributed by atoms with van der Waals surface area (Å²) in [6, 6.07) is 6.58. The lowest BCUT2D eigenvalue weighted by Gasteiger charge is -2.15. The number of carbonyl (C=O) groups is 2. The number of allylic oxidation sites excluding steroid dienone is 2. The Balaban J connectivity index is 2.28. The van der Waals surface area contributed by atoms with E-state index in [4.69, 9.17) is 23.9 Å². The minimum Gasteiger partial charge on any atom is -0.493 e. The third kappa shape index (κ3) is 7.57. The van der Waals surface area contributed by atoms with Crippen LogP contribution in [0.5, 0.6) is 0 Å². The molecule has 41 heavy (non-hydrogen) atoms. The van der Waals surface area contributed by atoms with Crippen molar-refractivity contribution in [3.05, 3.63) is 88.2 Å². The zero-order chi connectivity index (χ0) is 29.9. The number of pyridine rings is 2. The maximum atomic E-state index is 13.5. The Morgan fingerprint density at radius 1 is 1.17 bits per heavy atom. The van der Waals surface area contributed by atoms with Gasteiger partial charge in [0.25, 0.3) is 11.5 Å². The number of esters is 1. The molecule has 0 saturated heterocycles. The number of nitrogens with zero attached hydrogens (tertiary/aromatic N) is 4. The number of rotatable bonds is 13. The van der Waals surface area contributed by atoms with Crippen LogP contribution in [0.25, 0.3) is 16.7 Å². The van der Waals surface area contributed by atoms with Crippen LogP contribution in [0.2, 0.25) is 0 Å². The molecule has 0 N–H and O–H groups in total. The van der Waals surface area contributed by atoms with Gasteiger partial charge in [-0.15, -0.1) is 0 Å². The first-order valence-corrected chi connectivity index (χ1v) is 13.3. The Hall–Kier alpha value is -4.51. The molecule has 3 aromatic heterocycles. The van der Waals surface area contributed by atoms with Gasteiger partial charge in [-0.2, -0.15) is 4.99 Å². The molecule has 3 aromatic rings. The summed E-state index contributed by atoms with van der Waals surface area (Å²) < 4.78 is 24.6. The first kappa shape index (κ1) is 31.0. The van der Waals surface area contributed by atoms with Crippen LogP contribution in [0.3, 0.4) is 0 Å². The molecule has 3 rings (SSSR count). The molecule has 11 heteroatoms. The van der Waals surface area contributed by atoms with Crippen LogP contribution in [0.1, 0.15) is 44.0 Å². The third-order valence-corrected chi connectivity index (χ3v) is 5.91. The molecule has 0 aliphatic rings. The molecule has 0 spiro atoms. The Morgan fingerprint density at radius 2 is 1.93 bits per heavy atom. The van der Waals surface area contributed by atoms with Crippen molar-refractivity contribution in [3.63, 3.8) is 0 Å². The van der Waals surface area contributed by atoms with Crippen LogP contribution in [0.15, 0.2) is 76.6 Å². The van der Waals surface area contributed by atoms with E-state index in [9.17, 15) is 14.4 Å². The lowest BCUT2D eigenvalue weighted by molar-refractivity contribution is -0.117. The van der Waals surface area contributed by atoms with Gasteiger partial charge in [0, 0.05) is 19.3 Å². The number of aromatic nitrogens is 3. The molecule has 0 unspecified atom stereocenters. The van der Waals surface area contributed by atoms with Crippen LogP contribution in [-0.4, -0.2) is 59.4 Å². The maximum Gasteiger partial charge on any atom is 0.341 e. The fourth-order valence-electron chi connectivity index (χ4n) is 4.10. The Morgan fingerprint density at radius 3 is 2.59 bits per heavy atom. The number of fused-ring (bicyclic) bond motifs is 2. The molecular formula is C30H36N4O7. The largest absolute Gasteiger partial charge is 0.493 e. The monoisotopic (exact) mass is 564 g/mol. The van der Waals surface area contributed by atoms with Gasteiger partial charge in [0.05, 0.1) is 38.7 Å². The molecule has 0 aliphatic heterocycles. The molecule has 0 aliphatic carbocycles. The van der Waals surface area contributed by atoms with E-state index in [0.29, 0.717) is 30.2 Å². The van der Waals surface area contributed by atoms with Gasteiger partial charge in [-0.3, -0.25) is 14.0 Å². The van der Waals surface area contributed by atoms with Crippen molar-refractivity contribution < 1.29 is 28.5 Å². The predicted molar refractivity (Wildman–Crippen MR) is 154 cm³/mol. The zero-order valence-electron chi connectivity index (χ0n) is 24.1. The predicted octanol–water partition coefficient (Wildman–Crippen LogP) is 3.71. The number of methoxy groups -OCH3 is 2. The number of aryl methyl sites for hydroxylation is 1. The first-order valence-electron chi connectivity index (χ1n) is 13.3. The molecule has 0 atom stereocenters. The van der Waals surface area contributed by atoms with Crippen molar-refractivity contribution in [3.8, 4) is 0 Å². The van der Waals surface area contributed by atoms with Crippen molar-refractivity contribution in [1.29, 1.82) is 0 Å². The van der Waals surface area contributed by atoms with Crippen LogP contribution >= 0.6 is 0 Å². The summed E-state index contributed by atoms with van der Waals surface area (Å²) in [4.78, 5) is 48.8. The Bertz CT molecular complexity index is 1610. The highest BCUT2D eigenvalue weighted by molar-refractivity contribution is 5.93. The molecule has 3 heterocycles. The van der Waals surface area contributed by atoms with Gasteiger partial charge in [-0.25, -0.2) is 9.78 Å². The van der Waals surface area contributed by atoms with Gasteiger partial charge in [0.15, 0.2) is 17.0 Å². The summed E-state index contributed by atoms with van der Waals surface area (Å²) in [5, 5.41) is 0.189. The fourth-order valence-corrected chi connectivity index (χ4v) is 4.10. The normalized spacial score (nSPS) is 12.7. The highest BCUT2D eigenvalue weighted by Crippen LogP contribution is 2.14. The minimum atomic E-state index is -0.714.